The molecule has 0 spiro atoms. The molecule has 3 rings (SSSR count). The van der Waals surface area contributed by atoms with E-state index >= 15 is 0 Å². The smallest absolute Gasteiger partial charge is 0.351 e. The number of anilines is 1. The number of aliphatic hydroxyl groups is 1. The lowest BCUT2D eigenvalue weighted by Crippen LogP contribution is -2.47. The van der Waals surface area contributed by atoms with Gasteiger partial charge in [-0.2, -0.15) is 5.10 Å². The lowest BCUT2D eigenvalue weighted by Gasteiger charge is -2.31. The van der Waals surface area contributed by atoms with E-state index < -0.39 is 11.6 Å². The van der Waals surface area contributed by atoms with Crippen LogP contribution in [0.3, 0.4) is 0 Å². The molecule has 2 heterocycles. The van der Waals surface area contributed by atoms with Crippen molar-refractivity contribution in [3.63, 3.8) is 0 Å². The zero-order valence-electron chi connectivity index (χ0n) is 11.9. The number of carbonyl (C=O) groups is 1. The molecule has 0 bridgehead atoms. The Kier molecular flexibility index (Phi) is 3.57. The van der Waals surface area contributed by atoms with E-state index in [1.165, 1.54) is 5.01 Å². The Labute approximate surface area is 134 Å². The standard InChI is InChI=1S/C14H13BrN4O3/c1-3-22-13(20)14(21)10-11(19(2)18-12(14)15)17-9-7-5-4-6-8(9)16-10/h4-7,21H,3H2,1-2H3. The molecule has 8 heteroatoms. The second kappa shape index (κ2) is 5.29. The highest BCUT2D eigenvalue weighted by Crippen LogP contribution is 2.37. The minimum Gasteiger partial charge on any atom is -0.463 e. The predicted molar refractivity (Wildman–Crippen MR) is 84.8 cm³/mol. The summed E-state index contributed by atoms with van der Waals surface area (Å²) in [6.07, 6.45) is 0. The Bertz CT molecular complexity index is 795. The van der Waals surface area contributed by atoms with Gasteiger partial charge in [0.1, 0.15) is 5.69 Å². The number of carbonyl (C=O) groups excluding carboxylic acids is 1. The summed E-state index contributed by atoms with van der Waals surface area (Å²) in [5.74, 6) is -0.540. The number of rotatable bonds is 2. The van der Waals surface area contributed by atoms with Crippen LogP contribution in [0.2, 0.25) is 0 Å². The van der Waals surface area contributed by atoms with Crippen LogP contribution in [0.4, 0.5) is 5.82 Å². The number of benzene rings is 1. The molecular weight excluding hydrogens is 352 g/mol. The van der Waals surface area contributed by atoms with Gasteiger partial charge in [-0.05, 0) is 35.0 Å². The summed E-state index contributed by atoms with van der Waals surface area (Å²) in [5, 5.41) is 16.4. The number of halogens is 1. The van der Waals surface area contributed by atoms with Crippen LogP contribution < -0.4 is 5.01 Å². The van der Waals surface area contributed by atoms with Crippen LogP contribution in [0.25, 0.3) is 11.0 Å². The first-order valence-corrected chi connectivity index (χ1v) is 7.43. The number of hydrogen-bond acceptors (Lipinski definition) is 7. The zero-order valence-corrected chi connectivity index (χ0v) is 13.5. The van der Waals surface area contributed by atoms with E-state index in [0.29, 0.717) is 16.9 Å². The highest BCUT2D eigenvalue weighted by atomic mass is 79.9. The number of para-hydroxylation sites is 2. The highest BCUT2D eigenvalue weighted by Gasteiger charge is 2.51. The van der Waals surface area contributed by atoms with Gasteiger partial charge in [-0.15, -0.1) is 0 Å². The van der Waals surface area contributed by atoms with E-state index in [2.05, 4.69) is 31.0 Å². The Hall–Kier alpha value is -2.06. The number of esters is 1. The molecule has 0 saturated heterocycles. The van der Waals surface area contributed by atoms with Gasteiger partial charge in [-0.1, -0.05) is 12.1 Å². The molecule has 0 saturated carbocycles. The number of hydrazone groups is 1. The molecule has 0 fully saturated rings. The van der Waals surface area contributed by atoms with Gasteiger partial charge in [0.25, 0.3) is 5.60 Å². The van der Waals surface area contributed by atoms with Crippen LogP contribution in [0.5, 0.6) is 0 Å². The third-order valence-corrected chi connectivity index (χ3v) is 4.04. The molecule has 0 aliphatic carbocycles. The van der Waals surface area contributed by atoms with E-state index in [1.807, 2.05) is 12.1 Å². The van der Waals surface area contributed by atoms with Crippen LogP contribution >= 0.6 is 15.9 Å². The molecule has 0 amide bonds. The average molecular weight is 365 g/mol. The first-order chi connectivity index (χ1) is 10.5. The minimum absolute atomic E-state index is 0.0121. The molecule has 0 radical (unpaired) electrons. The van der Waals surface area contributed by atoms with Gasteiger partial charge in [0, 0.05) is 7.05 Å². The fraction of sp³-hybridized carbons (Fsp3) is 0.286. The summed E-state index contributed by atoms with van der Waals surface area (Å²) >= 11 is 3.15. The summed E-state index contributed by atoms with van der Waals surface area (Å²) in [7, 11) is 1.66. The minimum atomic E-state index is -2.10. The topological polar surface area (TPSA) is 87.9 Å². The summed E-state index contributed by atoms with van der Waals surface area (Å²) in [6.45, 7) is 1.79. The van der Waals surface area contributed by atoms with Crippen LogP contribution in [0.15, 0.2) is 29.4 Å². The van der Waals surface area contributed by atoms with Crippen LogP contribution in [0.1, 0.15) is 12.6 Å². The molecule has 1 aliphatic rings. The maximum atomic E-state index is 12.3. The third kappa shape index (κ3) is 2.06. The van der Waals surface area contributed by atoms with Crippen molar-refractivity contribution in [1.82, 2.24) is 9.97 Å². The first kappa shape index (κ1) is 14.9. The highest BCUT2D eigenvalue weighted by molar-refractivity contribution is 9.18. The molecule has 1 N–H and O–H groups in total. The van der Waals surface area contributed by atoms with E-state index in [4.69, 9.17) is 4.74 Å². The quantitative estimate of drug-likeness (QED) is 0.813. The van der Waals surface area contributed by atoms with Crippen LogP contribution in [-0.4, -0.2) is 39.3 Å². The van der Waals surface area contributed by atoms with Gasteiger partial charge in [-0.25, -0.2) is 19.8 Å². The lowest BCUT2D eigenvalue weighted by molar-refractivity contribution is -0.158. The molecule has 1 aromatic carbocycles. The SMILES string of the molecule is CCOC(=O)C1(O)C(Br)=NN(C)c2nc3ccccc3nc21. The van der Waals surface area contributed by atoms with Crippen molar-refractivity contribution < 1.29 is 14.6 Å². The Morgan fingerprint density at radius 2 is 2.00 bits per heavy atom. The molecule has 114 valence electrons. The van der Waals surface area contributed by atoms with Crippen molar-refractivity contribution in [2.24, 2.45) is 5.10 Å². The Balaban J connectivity index is 2.28. The third-order valence-electron chi connectivity index (χ3n) is 3.31. The van der Waals surface area contributed by atoms with Gasteiger partial charge in [0.05, 0.1) is 17.6 Å². The number of fused-ring (bicyclic) bond motifs is 2. The second-order valence-corrected chi connectivity index (χ2v) is 5.48. The van der Waals surface area contributed by atoms with Gasteiger partial charge < -0.3 is 9.84 Å². The largest absolute Gasteiger partial charge is 0.463 e. The maximum Gasteiger partial charge on any atom is 0.351 e. The monoisotopic (exact) mass is 364 g/mol. The van der Waals surface area contributed by atoms with Crippen molar-refractivity contribution >= 4 is 43.4 Å². The van der Waals surface area contributed by atoms with E-state index in [9.17, 15) is 9.90 Å². The molecule has 1 unspecified atom stereocenters. The van der Waals surface area contributed by atoms with Crippen molar-refractivity contribution in [3.8, 4) is 0 Å². The Morgan fingerprint density at radius 3 is 2.64 bits per heavy atom. The van der Waals surface area contributed by atoms with Crippen molar-refractivity contribution in [2.45, 2.75) is 12.5 Å². The van der Waals surface area contributed by atoms with E-state index in [1.54, 1.807) is 26.1 Å². The van der Waals surface area contributed by atoms with Crippen molar-refractivity contribution in [2.75, 3.05) is 18.7 Å². The molecular formula is C14H13BrN4O3. The number of hydrogen-bond donors (Lipinski definition) is 1. The maximum absolute atomic E-state index is 12.3. The number of aromatic nitrogens is 2. The summed E-state index contributed by atoms with van der Waals surface area (Å²) in [4.78, 5) is 21.1. The number of nitrogens with zero attached hydrogens (tertiary/aromatic N) is 4. The van der Waals surface area contributed by atoms with Crippen LogP contribution in [0, 0.1) is 0 Å². The Morgan fingerprint density at radius 1 is 1.36 bits per heavy atom. The van der Waals surface area contributed by atoms with Crippen molar-refractivity contribution in [1.29, 1.82) is 0 Å². The van der Waals surface area contributed by atoms with Gasteiger partial charge in [0.2, 0.25) is 0 Å². The lowest BCUT2D eigenvalue weighted by atomic mass is 9.99. The molecule has 1 aromatic heterocycles. The van der Waals surface area contributed by atoms with E-state index in [0.717, 1.165) is 0 Å². The van der Waals surface area contributed by atoms with Gasteiger partial charge in [0.15, 0.2) is 10.4 Å². The first-order valence-electron chi connectivity index (χ1n) is 6.63. The second-order valence-electron chi connectivity index (χ2n) is 4.73. The molecule has 22 heavy (non-hydrogen) atoms. The number of ether oxygens (including phenoxy) is 1. The average Bonchev–Trinajstić information content (AvgIpc) is 2.51. The fourth-order valence-electron chi connectivity index (χ4n) is 2.22. The summed E-state index contributed by atoms with van der Waals surface area (Å²) < 4.78 is 4.98. The predicted octanol–water partition coefficient (Wildman–Crippen LogP) is 1.54. The summed E-state index contributed by atoms with van der Waals surface area (Å²) in [5.41, 5.74) is -0.796. The van der Waals surface area contributed by atoms with Crippen molar-refractivity contribution in [3.05, 3.63) is 30.0 Å². The molecule has 7 nitrogen and oxygen atoms in total. The van der Waals surface area contributed by atoms with Gasteiger partial charge >= 0.3 is 5.97 Å². The fourth-order valence-corrected chi connectivity index (χ4v) is 2.81. The van der Waals surface area contributed by atoms with Gasteiger partial charge in [-0.3, -0.25) is 0 Å². The molecule has 2 aromatic rings. The molecule has 1 atom stereocenters. The van der Waals surface area contributed by atoms with Crippen LogP contribution in [-0.2, 0) is 15.1 Å². The zero-order chi connectivity index (χ0) is 15.9. The summed E-state index contributed by atoms with van der Waals surface area (Å²) in [6, 6.07) is 7.20. The normalized spacial score (nSPS) is 20.5. The van der Waals surface area contributed by atoms with E-state index in [-0.39, 0.29) is 16.9 Å². The molecule has 1 aliphatic heterocycles.